The highest BCUT2D eigenvalue weighted by Gasteiger charge is 2.43. The van der Waals surface area contributed by atoms with Crippen LogP contribution < -0.4 is 4.72 Å². The molecule has 1 aliphatic heterocycles. The number of likely N-dealkylation sites (tertiary alicyclic amines) is 1. The molecule has 5 heteroatoms. The highest BCUT2D eigenvalue weighted by Crippen LogP contribution is 2.36. The van der Waals surface area contributed by atoms with E-state index in [9.17, 15) is 8.42 Å². The van der Waals surface area contributed by atoms with Gasteiger partial charge in [-0.15, -0.1) is 0 Å². The van der Waals surface area contributed by atoms with Crippen LogP contribution in [0.5, 0.6) is 0 Å². The van der Waals surface area contributed by atoms with Gasteiger partial charge in [0.2, 0.25) is 10.0 Å². The number of piperidine rings is 1. The van der Waals surface area contributed by atoms with Gasteiger partial charge in [-0.2, -0.15) is 0 Å². The number of hydrogen-bond acceptors (Lipinski definition) is 3. The Morgan fingerprint density at radius 1 is 1.12 bits per heavy atom. The Balaban J connectivity index is 2.87. The first-order chi connectivity index (χ1) is 6.94. The summed E-state index contributed by atoms with van der Waals surface area (Å²) in [5.74, 6) is 0. The minimum atomic E-state index is -3.11. The van der Waals surface area contributed by atoms with Crippen LogP contribution in [0.2, 0.25) is 0 Å². The van der Waals surface area contributed by atoms with E-state index in [4.69, 9.17) is 0 Å². The highest BCUT2D eigenvalue weighted by molar-refractivity contribution is 7.88. The van der Waals surface area contributed by atoms with Crippen molar-refractivity contribution in [2.24, 2.45) is 0 Å². The van der Waals surface area contributed by atoms with Crippen LogP contribution in [0.4, 0.5) is 0 Å². The molecule has 0 radical (unpaired) electrons. The molecule has 0 atom stereocenters. The van der Waals surface area contributed by atoms with Gasteiger partial charge in [-0.25, -0.2) is 13.1 Å². The molecule has 16 heavy (non-hydrogen) atoms. The van der Waals surface area contributed by atoms with E-state index in [1.54, 1.807) is 0 Å². The van der Waals surface area contributed by atoms with Gasteiger partial charge in [0.15, 0.2) is 0 Å². The van der Waals surface area contributed by atoms with Crippen molar-refractivity contribution in [1.82, 2.24) is 9.62 Å². The summed E-state index contributed by atoms with van der Waals surface area (Å²) in [7, 11) is -1.00. The SMILES string of the molecule is CN1C(C)(C)CC(NS(C)(=O)=O)CC1(C)C. The molecule has 1 N–H and O–H groups in total. The minimum absolute atomic E-state index is 0.0180. The van der Waals surface area contributed by atoms with Gasteiger partial charge in [0.1, 0.15) is 0 Å². The fourth-order valence-electron chi connectivity index (χ4n) is 2.76. The molecule has 1 saturated heterocycles. The molecule has 1 rings (SSSR count). The largest absolute Gasteiger partial charge is 0.296 e. The molecular formula is C11H24N2O2S. The van der Waals surface area contributed by atoms with Crippen LogP contribution in [0.3, 0.4) is 0 Å². The molecule has 1 heterocycles. The number of hydrogen-bond donors (Lipinski definition) is 1. The summed E-state index contributed by atoms with van der Waals surface area (Å²) < 4.78 is 25.3. The van der Waals surface area contributed by atoms with Crippen LogP contribution in [-0.4, -0.2) is 43.7 Å². The normalized spacial score (nSPS) is 26.9. The van der Waals surface area contributed by atoms with Gasteiger partial charge in [0.05, 0.1) is 6.26 Å². The van der Waals surface area contributed by atoms with Crippen LogP contribution in [0.1, 0.15) is 40.5 Å². The van der Waals surface area contributed by atoms with Crippen molar-refractivity contribution >= 4 is 10.0 Å². The summed E-state index contributed by atoms with van der Waals surface area (Å²) >= 11 is 0. The topological polar surface area (TPSA) is 49.4 Å². The van der Waals surface area contributed by atoms with Crippen molar-refractivity contribution in [2.75, 3.05) is 13.3 Å². The van der Waals surface area contributed by atoms with E-state index in [0.29, 0.717) is 0 Å². The van der Waals surface area contributed by atoms with Gasteiger partial charge in [-0.3, -0.25) is 4.90 Å². The quantitative estimate of drug-likeness (QED) is 0.798. The number of nitrogens with one attached hydrogen (secondary N) is 1. The predicted molar refractivity (Wildman–Crippen MR) is 66.9 cm³/mol. The van der Waals surface area contributed by atoms with Crippen molar-refractivity contribution < 1.29 is 8.42 Å². The van der Waals surface area contributed by atoms with Gasteiger partial charge < -0.3 is 0 Å². The van der Waals surface area contributed by atoms with Crippen molar-refractivity contribution in [3.8, 4) is 0 Å². The van der Waals surface area contributed by atoms with Crippen LogP contribution in [0.15, 0.2) is 0 Å². The average Bonchev–Trinajstić information content (AvgIpc) is 1.95. The molecule has 0 spiro atoms. The molecule has 96 valence electrons. The molecule has 0 aromatic rings. The van der Waals surface area contributed by atoms with Crippen LogP contribution in [0.25, 0.3) is 0 Å². The maximum Gasteiger partial charge on any atom is 0.208 e. The predicted octanol–water partition coefficient (Wildman–Crippen LogP) is 1.19. The first-order valence-electron chi connectivity index (χ1n) is 5.65. The molecule has 0 bridgehead atoms. The Morgan fingerprint density at radius 2 is 1.50 bits per heavy atom. The molecule has 4 nitrogen and oxygen atoms in total. The summed E-state index contributed by atoms with van der Waals surface area (Å²) in [6.45, 7) is 8.63. The molecular weight excluding hydrogens is 224 g/mol. The summed E-state index contributed by atoms with van der Waals surface area (Å²) in [5, 5.41) is 0. The lowest BCUT2D eigenvalue weighted by molar-refractivity contribution is -0.0139. The first kappa shape index (κ1) is 13.9. The van der Waals surface area contributed by atoms with E-state index >= 15 is 0 Å². The van der Waals surface area contributed by atoms with Gasteiger partial charge >= 0.3 is 0 Å². The fourth-order valence-corrected chi connectivity index (χ4v) is 3.53. The molecule has 0 aromatic heterocycles. The molecule has 0 aliphatic carbocycles. The van der Waals surface area contributed by atoms with Gasteiger partial charge in [0.25, 0.3) is 0 Å². The Bertz CT molecular complexity index is 342. The first-order valence-corrected chi connectivity index (χ1v) is 7.54. The molecule has 0 unspecified atom stereocenters. The maximum absolute atomic E-state index is 11.3. The molecule has 1 aliphatic rings. The summed E-state index contributed by atoms with van der Waals surface area (Å²) in [6.07, 6.45) is 2.92. The second-order valence-electron chi connectivity index (χ2n) is 6.18. The third kappa shape index (κ3) is 3.18. The van der Waals surface area contributed by atoms with E-state index in [2.05, 4.69) is 44.4 Å². The van der Waals surface area contributed by atoms with Crippen LogP contribution in [-0.2, 0) is 10.0 Å². The van der Waals surface area contributed by atoms with Crippen molar-refractivity contribution in [2.45, 2.75) is 57.7 Å². The average molecular weight is 248 g/mol. The zero-order chi connectivity index (χ0) is 12.8. The standard InChI is InChI=1S/C11H24N2O2S/c1-10(2)7-9(12-16(6,14)15)8-11(3,4)13(10)5/h9,12H,7-8H2,1-6H3. The number of nitrogens with zero attached hydrogens (tertiary/aromatic N) is 1. The lowest BCUT2D eigenvalue weighted by atomic mass is 9.78. The van der Waals surface area contributed by atoms with E-state index in [1.807, 2.05) is 0 Å². The third-order valence-electron chi connectivity index (χ3n) is 3.69. The Labute approximate surface area is 99.5 Å². The Hall–Kier alpha value is -0.130. The smallest absolute Gasteiger partial charge is 0.208 e. The van der Waals surface area contributed by atoms with Crippen molar-refractivity contribution in [1.29, 1.82) is 0 Å². The second-order valence-corrected chi connectivity index (χ2v) is 7.96. The number of rotatable bonds is 2. The third-order valence-corrected chi connectivity index (χ3v) is 4.45. The second kappa shape index (κ2) is 3.96. The lowest BCUT2D eigenvalue weighted by Gasteiger charge is -2.53. The highest BCUT2D eigenvalue weighted by atomic mass is 32.2. The maximum atomic E-state index is 11.3. The monoisotopic (exact) mass is 248 g/mol. The molecule has 0 saturated carbocycles. The lowest BCUT2D eigenvalue weighted by Crippen LogP contribution is -2.62. The Morgan fingerprint density at radius 3 is 1.81 bits per heavy atom. The Kier molecular flexibility index (Phi) is 3.45. The zero-order valence-electron chi connectivity index (χ0n) is 11.2. The summed E-state index contributed by atoms with van der Waals surface area (Å²) in [4.78, 5) is 2.33. The van der Waals surface area contributed by atoms with Crippen LogP contribution in [0, 0.1) is 0 Å². The summed E-state index contributed by atoms with van der Waals surface area (Å²) in [6, 6.07) is 0.0381. The zero-order valence-corrected chi connectivity index (χ0v) is 12.0. The van der Waals surface area contributed by atoms with Gasteiger partial charge in [-0.05, 0) is 47.6 Å². The van der Waals surface area contributed by atoms with E-state index in [-0.39, 0.29) is 17.1 Å². The van der Waals surface area contributed by atoms with Crippen molar-refractivity contribution in [3.63, 3.8) is 0 Å². The fraction of sp³-hybridized carbons (Fsp3) is 1.00. The van der Waals surface area contributed by atoms with E-state index < -0.39 is 10.0 Å². The van der Waals surface area contributed by atoms with E-state index in [1.165, 1.54) is 6.26 Å². The van der Waals surface area contributed by atoms with Crippen LogP contribution >= 0.6 is 0 Å². The summed E-state index contributed by atoms with van der Waals surface area (Å²) in [5.41, 5.74) is 0.0359. The molecule has 0 amide bonds. The minimum Gasteiger partial charge on any atom is -0.296 e. The molecule has 0 aromatic carbocycles. The van der Waals surface area contributed by atoms with Crippen molar-refractivity contribution in [3.05, 3.63) is 0 Å². The number of sulfonamides is 1. The molecule has 1 fully saturated rings. The van der Waals surface area contributed by atoms with Gasteiger partial charge in [0, 0.05) is 17.1 Å². The van der Waals surface area contributed by atoms with Gasteiger partial charge in [-0.1, -0.05) is 0 Å². The van der Waals surface area contributed by atoms with E-state index in [0.717, 1.165) is 12.8 Å².